The molecule has 7 heteroatoms. The van der Waals surface area contributed by atoms with Gasteiger partial charge in [-0.25, -0.2) is 0 Å². The minimum absolute atomic E-state index is 0. The Morgan fingerprint density at radius 2 is 1.74 bits per heavy atom. The van der Waals surface area contributed by atoms with E-state index < -0.39 is 0 Å². The predicted molar refractivity (Wildman–Crippen MR) is 102 cm³/mol. The van der Waals surface area contributed by atoms with Crippen LogP contribution in [0.1, 0.15) is 38.1 Å². The summed E-state index contributed by atoms with van der Waals surface area (Å²) in [7, 11) is 0. The Morgan fingerprint density at radius 1 is 1.22 bits per heavy atom. The Labute approximate surface area is 153 Å². The molecule has 0 saturated carbocycles. The van der Waals surface area contributed by atoms with Gasteiger partial charge in [-0.3, -0.25) is 9.69 Å². The van der Waals surface area contributed by atoms with Crippen LogP contribution in [-0.4, -0.2) is 45.3 Å². The highest BCUT2D eigenvalue weighted by Gasteiger charge is 2.18. The van der Waals surface area contributed by atoms with Gasteiger partial charge in [-0.05, 0) is 52.0 Å². The molecular weight excluding hydrogens is 355 g/mol. The Balaban J connectivity index is 0.00000484. The van der Waals surface area contributed by atoms with Gasteiger partial charge in [-0.15, -0.1) is 12.4 Å². The summed E-state index contributed by atoms with van der Waals surface area (Å²) < 4.78 is 0. The molecule has 0 saturated heterocycles. The van der Waals surface area contributed by atoms with Crippen LogP contribution in [0.15, 0.2) is 29.4 Å². The topological polar surface area (TPSA) is 52.9 Å². The molecule has 0 spiro atoms. The van der Waals surface area contributed by atoms with Crippen molar-refractivity contribution in [1.29, 1.82) is 0 Å². The van der Waals surface area contributed by atoms with Gasteiger partial charge >= 0.3 is 0 Å². The van der Waals surface area contributed by atoms with E-state index >= 15 is 0 Å². The maximum atomic E-state index is 12.3. The number of carbonyl (C=O) groups excluding carboxylic acids is 1. The van der Waals surface area contributed by atoms with Crippen molar-refractivity contribution in [3.63, 3.8) is 0 Å². The Morgan fingerprint density at radius 3 is 2.17 bits per heavy atom. The first kappa shape index (κ1) is 22.2. The summed E-state index contributed by atoms with van der Waals surface area (Å²) in [4.78, 5) is 14.6. The summed E-state index contributed by atoms with van der Waals surface area (Å²) in [5.41, 5.74) is 0.467. The number of Topliss-reactive ketones (excluding diaryl/α,β-unsaturated/α-hetero) is 1. The molecule has 0 aliphatic rings. The first-order valence-corrected chi connectivity index (χ1v) is 8.64. The highest BCUT2D eigenvalue weighted by atomic mass is 35.5. The van der Waals surface area contributed by atoms with Crippen molar-refractivity contribution in [2.24, 2.45) is 5.16 Å². The van der Waals surface area contributed by atoms with E-state index in [1.54, 1.807) is 24.3 Å². The number of thioether (sulfide) groups is 1. The van der Waals surface area contributed by atoms with Gasteiger partial charge in [-0.2, -0.15) is 0 Å². The maximum absolute atomic E-state index is 12.3. The summed E-state index contributed by atoms with van der Waals surface area (Å²) >= 11 is 7.07. The van der Waals surface area contributed by atoms with Crippen LogP contribution in [-0.2, 0) is 0 Å². The van der Waals surface area contributed by atoms with E-state index in [-0.39, 0.29) is 23.2 Å². The highest BCUT2D eigenvalue weighted by molar-refractivity contribution is 8.15. The normalized spacial score (nSPS) is 11.9. The molecule has 0 bridgehead atoms. The standard InChI is InChI=1S/C16H23ClN2O2S.ClH/c1-11(2)19(12(3)4)9-10-22-16(18-21)15(20)13-5-7-14(17)8-6-13;/h5-8,11-12,21H,9-10H2,1-4H3;1H/b18-16-;. The van der Waals surface area contributed by atoms with Crippen molar-refractivity contribution in [1.82, 2.24) is 4.90 Å². The third-order valence-electron chi connectivity index (χ3n) is 3.31. The van der Waals surface area contributed by atoms with Gasteiger partial charge in [0, 0.05) is 35.0 Å². The van der Waals surface area contributed by atoms with Gasteiger partial charge in [0.1, 0.15) is 0 Å². The molecule has 0 fully saturated rings. The fourth-order valence-corrected chi connectivity index (χ4v) is 3.15. The van der Waals surface area contributed by atoms with E-state index in [1.807, 2.05) is 0 Å². The van der Waals surface area contributed by atoms with Crippen LogP contribution in [0.25, 0.3) is 0 Å². The van der Waals surface area contributed by atoms with Crippen LogP contribution in [0.4, 0.5) is 0 Å². The number of rotatable bonds is 7. The van der Waals surface area contributed by atoms with E-state index in [9.17, 15) is 4.79 Å². The molecule has 4 nitrogen and oxygen atoms in total. The fraction of sp³-hybridized carbons (Fsp3) is 0.500. The van der Waals surface area contributed by atoms with Crippen molar-refractivity contribution in [2.75, 3.05) is 12.3 Å². The number of ketones is 1. The van der Waals surface area contributed by atoms with Gasteiger partial charge in [0.15, 0.2) is 5.04 Å². The molecule has 1 aromatic carbocycles. The zero-order valence-corrected chi connectivity index (χ0v) is 16.2. The quantitative estimate of drug-likeness (QED) is 0.248. The Kier molecular flexibility index (Phi) is 10.6. The lowest BCUT2D eigenvalue weighted by molar-refractivity contribution is 0.106. The summed E-state index contributed by atoms with van der Waals surface area (Å²) in [6.07, 6.45) is 0. The summed E-state index contributed by atoms with van der Waals surface area (Å²) in [6.45, 7) is 9.40. The number of carbonyl (C=O) groups is 1. The average molecular weight is 379 g/mol. The summed E-state index contributed by atoms with van der Waals surface area (Å²) in [5.74, 6) is 0.402. The molecule has 0 aliphatic heterocycles. The smallest absolute Gasteiger partial charge is 0.221 e. The Bertz CT molecular complexity index is 511. The van der Waals surface area contributed by atoms with Crippen molar-refractivity contribution in [3.8, 4) is 0 Å². The average Bonchev–Trinajstić information content (AvgIpc) is 2.46. The lowest BCUT2D eigenvalue weighted by atomic mass is 10.1. The van der Waals surface area contributed by atoms with Gasteiger partial charge in [0.05, 0.1) is 0 Å². The molecule has 0 radical (unpaired) electrons. The molecule has 1 rings (SSSR count). The van der Waals surface area contributed by atoms with Crippen molar-refractivity contribution in [2.45, 2.75) is 39.8 Å². The third kappa shape index (κ3) is 7.12. The van der Waals surface area contributed by atoms with E-state index in [0.717, 1.165) is 6.54 Å². The van der Waals surface area contributed by atoms with Crippen LogP contribution in [0.5, 0.6) is 0 Å². The second kappa shape index (κ2) is 10.9. The second-order valence-corrected chi connectivity index (χ2v) is 7.04. The van der Waals surface area contributed by atoms with Crippen molar-refractivity contribution < 1.29 is 10.0 Å². The van der Waals surface area contributed by atoms with Gasteiger partial charge < -0.3 is 5.21 Å². The van der Waals surface area contributed by atoms with Crippen LogP contribution in [0.2, 0.25) is 5.02 Å². The summed E-state index contributed by atoms with van der Waals surface area (Å²) in [6, 6.07) is 7.42. The Hall–Kier alpha value is -0.750. The monoisotopic (exact) mass is 378 g/mol. The zero-order chi connectivity index (χ0) is 16.7. The van der Waals surface area contributed by atoms with Crippen LogP contribution in [0, 0.1) is 0 Å². The molecule has 0 unspecified atom stereocenters. The van der Waals surface area contributed by atoms with Crippen LogP contribution >= 0.6 is 35.8 Å². The number of hydrogen-bond acceptors (Lipinski definition) is 5. The second-order valence-electron chi connectivity index (χ2n) is 5.51. The summed E-state index contributed by atoms with van der Waals surface area (Å²) in [5, 5.41) is 12.9. The first-order valence-electron chi connectivity index (χ1n) is 7.27. The number of halogens is 2. The number of nitrogens with zero attached hydrogens (tertiary/aromatic N) is 2. The molecule has 0 heterocycles. The molecular formula is C16H24Cl2N2O2S. The molecule has 0 aromatic heterocycles. The maximum Gasteiger partial charge on any atom is 0.221 e. The molecule has 0 atom stereocenters. The third-order valence-corrected chi connectivity index (χ3v) is 4.49. The minimum Gasteiger partial charge on any atom is -0.410 e. The SMILES string of the molecule is CC(C)N(CCS/C(=N\O)C(=O)c1ccc(Cl)cc1)C(C)C.Cl. The van der Waals surface area contributed by atoms with E-state index in [0.29, 0.717) is 28.4 Å². The molecule has 130 valence electrons. The first-order chi connectivity index (χ1) is 10.4. The number of benzene rings is 1. The molecule has 0 amide bonds. The minimum atomic E-state index is -0.287. The molecule has 23 heavy (non-hydrogen) atoms. The highest BCUT2D eigenvalue weighted by Crippen LogP contribution is 2.15. The molecule has 1 N–H and O–H groups in total. The largest absolute Gasteiger partial charge is 0.410 e. The van der Waals surface area contributed by atoms with Crippen LogP contribution in [0.3, 0.4) is 0 Å². The fourth-order valence-electron chi connectivity index (χ4n) is 2.22. The number of hydrogen-bond donors (Lipinski definition) is 1. The number of oxime groups is 1. The van der Waals surface area contributed by atoms with E-state index in [1.165, 1.54) is 11.8 Å². The van der Waals surface area contributed by atoms with E-state index in [4.69, 9.17) is 16.8 Å². The lowest BCUT2D eigenvalue weighted by Gasteiger charge is -2.30. The molecule has 0 aliphatic carbocycles. The van der Waals surface area contributed by atoms with Crippen molar-refractivity contribution in [3.05, 3.63) is 34.9 Å². The van der Waals surface area contributed by atoms with Crippen molar-refractivity contribution >= 4 is 46.6 Å². The van der Waals surface area contributed by atoms with Gasteiger partial charge in [0.25, 0.3) is 0 Å². The zero-order valence-electron chi connectivity index (χ0n) is 13.8. The molecule has 1 aromatic rings. The van der Waals surface area contributed by atoms with Gasteiger partial charge in [-0.1, -0.05) is 28.5 Å². The predicted octanol–water partition coefficient (Wildman–Crippen LogP) is 4.58. The van der Waals surface area contributed by atoms with Gasteiger partial charge in [0.2, 0.25) is 5.78 Å². The lowest BCUT2D eigenvalue weighted by Crippen LogP contribution is -2.38. The van der Waals surface area contributed by atoms with Crippen LogP contribution < -0.4 is 0 Å². The van der Waals surface area contributed by atoms with E-state index in [2.05, 4.69) is 37.8 Å².